The van der Waals surface area contributed by atoms with Gasteiger partial charge in [-0.15, -0.1) is 0 Å². The van der Waals surface area contributed by atoms with Gasteiger partial charge in [0.25, 0.3) is 5.92 Å². The number of nitrogens with two attached hydrogens (primary N) is 1. The Bertz CT molecular complexity index is 525. The number of amides is 1. The van der Waals surface area contributed by atoms with Crippen LogP contribution < -0.4 is 5.73 Å². The van der Waals surface area contributed by atoms with Crippen LogP contribution in [0.4, 0.5) is 13.6 Å². The fraction of sp³-hybridized carbons (Fsp3) is 0.588. The molecule has 1 unspecified atom stereocenters. The van der Waals surface area contributed by atoms with Crippen LogP contribution in [0, 0.1) is 5.92 Å². The minimum Gasteiger partial charge on any atom is -0.438 e. The summed E-state index contributed by atoms with van der Waals surface area (Å²) in [6.07, 6.45) is 0.530. The first kappa shape index (κ1) is 17.7. The molecule has 2 N–H and O–H groups in total. The lowest BCUT2D eigenvalue weighted by molar-refractivity contribution is -0.0601. The zero-order valence-electron chi connectivity index (χ0n) is 13.6. The average Bonchev–Trinajstić information content (AvgIpc) is 2.46. The molecule has 4 nitrogen and oxygen atoms in total. The number of ether oxygens (including phenoxy) is 1. The molecule has 2 rings (SSSR count). The van der Waals surface area contributed by atoms with Gasteiger partial charge in [0, 0.05) is 12.8 Å². The van der Waals surface area contributed by atoms with E-state index in [4.69, 9.17) is 10.5 Å². The highest BCUT2D eigenvalue weighted by molar-refractivity contribution is 5.65. The van der Waals surface area contributed by atoms with E-state index in [1.807, 2.05) is 37.3 Å². The largest absolute Gasteiger partial charge is 0.438 e. The van der Waals surface area contributed by atoms with E-state index in [1.54, 1.807) is 4.90 Å². The lowest BCUT2D eigenvalue weighted by atomic mass is 9.77. The van der Waals surface area contributed by atoms with E-state index >= 15 is 0 Å². The standard InChI is InChI=1S/C17H24F2N2O2/c1-16(18,19)12-21-10-8-14(9-11-21)17(2,23-15(20)22)13-6-4-3-5-7-13/h3-7,14H,8-12H2,1-2H3,(H2,20,22). The normalized spacial score (nSPS) is 20.0. The third kappa shape index (κ3) is 4.64. The molecule has 0 bridgehead atoms. The van der Waals surface area contributed by atoms with Gasteiger partial charge < -0.3 is 10.5 Å². The topological polar surface area (TPSA) is 55.6 Å². The van der Waals surface area contributed by atoms with Crippen molar-refractivity contribution in [3.63, 3.8) is 0 Å². The molecule has 1 amide bonds. The second-order valence-electron chi connectivity index (χ2n) is 6.51. The van der Waals surface area contributed by atoms with Crippen LogP contribution in [0.15, 0.2) is 30.3 Å². The number of likely N-dealkylation sites (tertiary alicyclic amines) is 1. The van der Waals surface area contributed by atoms with E-state index in [1.165, 1.54) is 0 Å². The number of halogens is 2. The number of primary amides is 1. The number of piperidine rings is 1. The highest BCUT2D eigenvalue weighted by Gasteiger charge is 2.41. The molecule has 128 valence electrons. The molecule has 0 radical (unpaired) electrons. The molecule has 0 saturated carbocycles. The molecule has 1 aliphatic rings. The molecule has 1 aromatic carbocycles. The first-order chi connectivity index (χ1) is 10.7. The van der Waals surface area contributed by atoms with Gasteiger partial charge in [0.15, 0.2) is 0 Å². The van der Waals surface area contributed by atoms with Gasteiger partial charge in [-0.2, -0.15) is 0 Å². The third-order valence-corrected chi connectivity index (χ3v) is 4.53. The Balaban J connectivity index is 2.12. The molecule has 6 heteroatoms. The van der Waals surface area contributed by atoms with Crippen LogP contribution in [0.3, 0.4) is 0 Å². The van der Waals surface area contributed by atoms with Gasteiger partial charge in [0.1, 0.15) is 5.60 Å². The van der Waals surface area contributed by atoms with Crippen LogP contribution >= 0.6 is 0 Å². The summed E-state index contributed by atoms with van der Waals surface area (Å²) in [5.41, 5.74) is 5.30. The summed E-state index contributed by atoms with van der Waals surface area (Å²) in [6, 6.07) is 9.44. The van der Waals surface area contributed by atoms with Crippen molar-refractivity contribution in [1.82, 2.24) is 4.90 Å². The van der Waals surface area contributed by atoms with Crippen LogP contribution in [0.25, 0.3) is 0 Å². The molecule has 1 heterocycles. The SMILES string of the molecule is CC(F)(F)CN1CCC(C(C)(OC(N)=O)c2ccccc2)CC1. The summed E-state index contributed by atoms with van der Waals surface area (Å²) in [4.78, 5) is 13.1. The maximum Gasteiger partial charge on any atom is 0.405 e. The third-order valence-electron chi connectivity index (χ3n) is 4.53. The monoisotopic (exact) mass is 326 g/mol. The van der Waals surface area contributed by atoms with Crippen LogP contribution in [-0.4, -0.2) is 36.5 Å². The van der Waals surface area contributed by atoms with Crippen molar-refractivity contribution < 1.29 is 18.3 Å². The first-order valence-corrected chi connectivity index (χ1v) is 7.85. The van der Waals surface area contributed by atoms with Gasteiger partial charge in [-0.1, -0.05) is 30.3 Å². The number of nitrogens with zero attached hydrogens (tertiary/aromatic N) is 1. The number of carbonyl (C=O) groups excluding carboxylic acids is 1. The Morgan fingerprint density at radius 3 is 2.30 bits per heavy atom. The molecular formula is C17H24F2N2O2. The zero-order valence-corrected chi connectivity index (χ0v) is 13.6. The summed E-state index contributed by atoms with van der Waals surface area (Å²) < 4.78 is 31.8. The van der Waals surface area contributed by atoms with E-state index in [9.17, 15) is 13.6 Å². The van der Waals surface area contributed by atoms with Crippen molar-refractivity contribution in [2.24, 2.45) is 11.7 Å². The lowest BCUT2D eigenvalue weighted by Crippen LogP contribution is -2.47. The van der Waals surface area contributed by atoms with Gasteiger partial charge in [-0.25, -0.2) is 13.6 Å². The molecule has 1 aliphatic heterocycles. The number of rotatable bonds is 5. The fourth-order valence-electron chi connectivity index (χ4n) is 3.39. The van der Waals surface area contributed by atoms with E-state index in [0.717, 1.165) is 12.5 Å². The molecule has 1 saturated heterocycles. The van der Waals surface area contributed by atoms with E-state index in [2.05, 4.69) is 0 Å². The average molecular weight is 326 g/mol. The van der Waals surface area contributed by atoms with Gasteiger partial charge in [-0.3, -0.25) is 4.90 Å². The smallest absolute Gasteiger partial charge is 0.405 e. The Kier molecular flexibility index (Phi) is 5.24. The maximum absolute atomic E-state index is 13.1. The van der Waals surface area contributed by atoms with Gasteiger partial charge in [-0.05, 0) is 38.4 Å². The van der Waals surface area contributed by atoms with Crippen LogP contribution in [0.1, 0.15) is 32.3 Å². The predicted octanol–water partition coefficient (Wildman–Crippen LogP) is 3.36. The molecule has 1 aromatic rings. The van der Waals surface area contributed by atoms with Crippen molar-refractivity contribution >= 4 is 6.09 Å². The highest BCUT2D eigenvalue weighted by atomic mass is 19.3. The fourth-order valence-corrected chi connectivity index (χ4v) is 3.39. The molecule has 0 spiro atoms. The number of alkyl halides is 2. The Morgan fingerprint density at radius 1 is 1.26 bits per heavy atom. The van der Waals surface area contributed by atoms with Gasteiger partial charge >= 0.3 is 6.09 Å². The maximum atomic E-state index is 13.1. The lowest BCUT2D eigenvalue weighted by Gasteiger charge is -2.42. The van der Waals surface area contributed by atoms with Crippen LogP contribution in [0.2, 0.25) is 0 Å². The number of carbonyl (C=O) groups is 1. The molecule has 23 heavy (non-hydrogen) atoms. The van der Waals surface area contributed by atoms with Crippen molar-refractivity contribution in [1.29, 1.82) is 0 Å². The number of benzene rings is 1. The quantitative estimate of drug-likeness (QED) is 0.902. The summed E-state index contributed by atoms with van der Waals surface area (Å²) in [7, 11) is 0. The van der Waals surface area contributed by atoms with E-state index < -0.39 is 17.6 Å². The minimum absolute atomic E-state index is 0.0409. The molecule has 0 aromatic heterocycles. The van der Waals surface area contributed by atoms with Gasteiger partial charge in [0.2, 0.25) is 0 Å². The Labute approximate surface area is 135 Å². The molecule has 1 fully saturated rings. The molecule has 1 atom stereocenters. The predicted molar refractivity (Wildman–Crippen MR) is 84.2 cm³/mol. The second kappa shape index (κ2) is 6.83. The summed E-state index contributed by atoms with van der Waals surface area (Å²) in [5, 5.41) is 0. The second-order valence-corrected chi connectivity index (χ2v) is 6.51. The van der Waals surface area contributed by atoms with Crippen molar-refractivity contribution in [2.45, 2.75) is 38.2 Å². The molecular weight excluding hydrogens is 302 g/mol. The van der Waals surface area contributed by atoms with Crippen LogP contribution in [-0.2, 0) is 10.3 Å². The van der Waals surface area contributed by atoms with Crippen molar-refractivity contribution in [3.05, 3.63) is 35.9 Å². The minimum atomic E-state index is -2.70. The van der Waals surface area contributed by atoms with E-state index in [0.29, 0.717) is 25.9 Å². The van der Waals surface area contributed by atoms with Crippen LogP contribution in [0.5, 0.6) is 0 Å². The Hall–Kier alpha value is -1.69. The summed E-state index contributed by atoms with van der Waals surface area (Å²) in [5.74, 6) is -2.65. The van der Waals surface area contributed by atoms with Gasteiger partial charge in [0.05, 0.1) is 6.54 Å². The first-order valence-electron chi connectivity index (χ1n) is 7.85. The van der Waals surface area contributed by atoms with E-state index in [-0.39, 0.29) is 12.5 Å². The zero-order chi connectivity index (χ0) is 17.1. The number of hydrogen-bond donors (Lipinski definition) is 1. The molecule has 0 aliphatic carbocycles. The van der Waals surface area contributed by atoms with Crippen molar-refractivity contribution in [3.8, 4) is 0 Å². The van der Waals surface area contributed by atoms with Crippen molar-refractivity contribution in [2.75, 3.05) is 19.6 Å². The number of hydrogen-bond acceptors (Lipinski definition) is 3. The summed E-state index contributed by atoms with van der Waals surface area (Å²) >= 11 is 0. The highest BCUT2D eigenvalue weighted by Crippen LogP contribution is 2.39. The Morgan fingerprint density at radius 2 is 1.83 bits per heavy atom. The summed E-state index contributed by atoms with van der Waals surface area (Å²) in [6.45, 7) is 3.65.